The average Bonchev–Trinajstić information content (AvgIpc) is 2.85. The molecule has 0 aromatic carbocycles. The van der Waals surface area contributed by atoms with Gasteiger partial charge in [-0.3, -0.25) is 14.4 Å². The fourth-order valence-corrected chi connectivity index (χ4v) is 2.81. The van der Waals surface area contributed by atoms with Crippen LogP contribution in [0, 0.1) is 0 Å². The van der Waals surface area contributed by atoms with Gasteiger partial charge in [0.05, 0.1) is 30.2 Å². The molecule has 1 rings (SSSR count). The number of hydrogen-bond donors (Lipinski definition) is 2. The zero-order chi connectivity index (χ0) is 17.8. The molecule has 1 saturated heterocycles. The topological polar surface area (TPSA) is 87.7 Å². The van der Waals surface area contributed by atoms with Gasteiger partial charge in [-0.05, 0) is 34.7 Å². The second-order valence-electron chi connectivity index (χ2n) is 6.92. The first-order valence-corrected chi connectivity index (χ1v) is 7.95. The van der Waals surface area contributed by atoms with Gasteiger partial charge in [-0.15, -0.1) is 0 Å². The van der Waals surface area contributed by atoms with E-state index in [1.807, 2.05) is 20.8 Å². The molecule has 132 valence electrons. The van der Waals surface area contributed by atoms with Crippen molar-refractivity contribution < 1.29 is 19.1 Å². The van der Waals surface area contributed by atoms with Gasteiger partial charge < -0.3 is 20.3 Å². The van der Waals surface area contributed by atoms with E-state index in [9.17, 15) is 14.4 Å². The normalized spacial score (nSPS) is 22.8. The van der Waals surface area contributed by atoms with E-state index in [2.05, 4.69) is 10.6 Å². The van der Waals surface area contributed by atoms with E-state index in [-0.39, 0.29) is 35.7 Å². The van der Waals surface area contributed by atoms with Crippen molar-refractivity contribution in [2.45, 2.75) is 64.3 Å². The van der Waals surface area contributed by atoms with Gasteiger partial charge in [0, 0.05) is 20.0 Å². The Morgan fingerprint density at radius 2 is 1.87 bits per heavy atom. The lowest BCUT2D eigenvalue weighted by Crippen LogP contribution is -2.50. The molecule has 0 aromatic heterocycles. The number of nitrogens with one attached hydrogen (secondary N) is 2. The number of ether oxygens (including phenoxy) is 1. The minimum absolute atomic E-state index is 0.0394. The lowest BCUT2D eigenvalue weighted by atomic mass is 10.1. The fraction of sp³-hybridized carbons (Fsp3) is 0.812. The monoisotopic (exact) mass is 327 g/mol. The highest BCUT2D eigenvalue weighted by Gasteiger charge is 2.41. The Labute approximate surface area is 138 Å². The minimum atomic E-state index is -0.648. The molecule has 1 aliphatic heterocycles. The van der Waals surface area contributed by atoms with E-state index in [0.29, 0.717) is 13.0 Å². The van der Waals surface area contributed by atoms with Gasteiger partial charge in [-0.1, -0.05) is 0 Å². The molecule has 2 N–H and O–H groups in total. The van der Waals surface area contributed by atoms with Crippen molar-refractivity contribution >= 4 is 17.6 Å². The molecule has 1 aliphatic rings. The van der Waals surface area contributed by atoms with Crippen LogP contribution < -0.4 is 10.6 Å². The molecule has 23 heavy (non-hydrogen) atoms. The predicted octanol–water partition coefficient (Wildman–Crippen LogP) is 0.0841. The molecular weight excluding hydrogens is 298 g/mol. The molecular formula is C16H29N3O4. The Bertz CT molecular complexity index is 459. The number of carbonyl (C=O) groups excluding carboxylic acids is 3. The predicted molar refractivity (Wildman–Crippen MR) is 87.0 cm³/mol. The summed E-state index contributed by atoms with van der Waals surface area (Å²) in [5.74, 6) is -0.525. The third-order valence-electron chi connectivity index (χ3n) is 3.85. The lowest BCUT2D eigenvalue weighted by molar-refractivity contribution is -0.140. The summed E-state index contributed by atoms with van der Waals surface area (Å²) in [6.07, 6.45) is 0.359. The smallest absolute Gasteiger partial charge is 0.240 e. The van der Waals surface area contributed by atoms with Crippen LogP contribution >= 0.6 is 0 Å². The summed E-state index contributed by atoms with van der Waals surface area (Å²) in [6, 6.07) is -1.14. The molecule has 7 nitrogen and oxygen atoms in total. The van der Waals surface area contributed by atoms with Crippen LogP contribution in [-0.2, 0) is 19.1 Å². The van der Waals surface area contributed by atoms with E-state index in [1.165, 1.54) is 14.0 Å². The Balaban J connectivity index is 2.86. The van der Waals surface area contributed by atoms with Gasteiger partial charge in [-0.2, -0.15) is 0 Å². The number of ketones is 1. The van der Waals surface area contributed by atoms with E-state index in [0.717, 1.165) is 0 Å². The van der Waals surface area contributed by atoms with Crippen LogP contribution in [0.3, 0.4) is 0 Å². The maximum absolute atomic E-state index is 12.7. The summed E-state index contributed by atoms with van der Waals surface area (Å²) in [4.78, 5) is 37.7. The summed E-state index contributed by atoms with van der Waals surface area (Å²) >= 11 is 0. The van der Waals surface area contributed by atoms with Crippen molar-refractivity contribution in [3.8, 4) is 0 Å². The zero-order valence-corrected chi connectivity index (χ0v) is 14.9. The standard InChI is InChI=1S/C16H29N3O4/c1-10(20)13-7-11(23-16(2,3)4)9-19(13)15(22)12(17-5)8-14(21)18-6/h11-13,17H,7-9H2,1-6H3,(H,18,21)/t11-,12-,13+/m1/s1. The zero-order valence-electron chi connectivity index (χ0n) is 14.9. The van der Waals surface area contributed by atoms with E-state index in [4.69, 9.17) is 4.74 Å². The van der Waals surface area contributed by atoms with E-state index >= 15 is 0 Å². The first-order chi connectivity index (χ1) is 10.6. The maximum atomic E-state index is 12.7. The highest BCUT2D eigenvalue weighted by molar-refractivity contribution is 5.93. The second-order valence-corrected chi connectivity index (χ2v) is 6.92. The molecule has 0 bridgehead atoms. The molecule has 1 heterocycles. The number of hydrogen-bond acceptors (Lipinski definition) is 5. The number of nitrogens with zero attached hydrogens (tertiary/aromatic N) is 1. The lowest BCUT2D eigenvalue weighted by Gasteiger charge is -2.27. The quantitative estimate of drug-likeness (QED) is 0.722. The van der Waals surface area contributed by atoms with Gasteiger partial charge in [-0.25, -0.2) is 0 Å². The summed E-state index contributed by atoms with van der Waals surface area (Å²) < 4.78 is 5.93. The molecule has 0 aromatic rings. The SMILES string of the molecule is CNC(=O)C[C@@H](NC)C(=O)N1C[C@H](OC(C)(C)C)C[C@H]1C(C)=O. The van der Waals surface area contributed by atoms with Crippen LogP contribution in [0.5, 0.6) is 0 Å². The van der Waals surface area contributed by atoms with Gasteiger partial charge in [0.15, 0.2) is 5.78 Å². The second kappa shape index (κ2) is 7.88. The van der Waals surface area contributed by atoms with Crippen LogP contribution in [0.1, 0.15) is 40.5 Å². The number of carbonyl (C=O) groups is 3. The fourth-order valence-electron chi connectivity index (χ4n) is 2.81. The first kappa shape index (κ1) is 19.6. The van der Waals surface area contributed by atoms with E-state index in [1.54, 1.807) is 11.9 Å². The molecule has 0 radical (unpaired) electrons. The van der Waals surface area contributed by atoms with Crippen molar-refractivity contribution in [3.63, 3.8) is 0 Å². The van der Waals surface area contributed by atoms with Crippen LogP contribution in [0.2, 0.25) is 0 Å². The molecule has 0 spiro atoms. The highest BCUT2D eigenvalue weighted by Crippen LogP contribution is 2.26. The maximum Gasteiger partial charge on any atom is 0.240 e. The summed E-state index contributed by atoms with van der Waals surface area (Å²) in [5, 5.41) is 5.37. The Morgan fingerprint density at radius 3 is 2.30 bits per heavy atom. The van der Waals surface area contributed by atoms with Gasteiger partial charge in [0.1, 0.15) is 0 Å². The summed E-state index contributed by atoms with van der Waals surface area (Å²) in [7, 11) is 3.16. The molecule has 7 heteroatoms. The summed E-state index contributed by atoms with van der Waals surface area (Å²) in [5.41, 5.74) is -0.338. The number of likely N-dealkylation sites (tertiary alicyclic amines) is 1. The molecule has 3 atom stereocenters. The third-order valence-corrected chi connectivity index (χ3v) is 3.85. The largest absolute Gasteiger partial charge is 0.371 e. The first-order valence-electron chi connectivity index (χ1n) is 7.95. The average molecular weight is 327 g/mol. The number of amides is 2. The molecule has 0 saturated carbocycles. The molecule has 1 fully saturated rings. The third kappa shape index (κ3) is 5.58. The van der Waals surface area contributed by atoms with Crippen molar-refractivity contribution in [1.82, 2.24) is 15.5 Å². The van der Waals surface area contributed by atoms with Crippen molar-refractivity contribution in [1.29, 1.82) is 0 Å². The van der Waals surface area contributed by atoms with Crippen LogP contribution in [0.15, 0.2) is 0 Å². The van der Waals surface area contributed by atoms with E-state index < -0.39 is 12.1 Å². The number of likely N-dealkylation sites (N-methyl/N-ethyl adjacent to an activating group) is 1. The molecule has 2 amide bonds. The highest BCUT2D eigenvalue weighted by atomic mass is 16.5. The van der Waals surface area contributed by atoms with Crippen molar-refractivity contribution in [2.75, 3.05) is 20.6 Å². The summed E-state index contributed by atoms with van der Waals surface area (Å²) in [6.45, 7) is 7.69. The molecule has 0 unspecified atom stereocenters. The molecule has 0 aliphatic carbocycles. The van der Waals surface area contributed by atoms with Crippen LogP contribution in [0.25, 0.3) is 0 Å². The number of Topliss-reactive ketones (excluding diaryl/α,β-unsaturated/α-hetero) is 1. The van der Waals surface area contributed by atoms with Crippen LogP contribution in [-0.4, -0.2) is 66.9 Å². The number of rotatable bonds is 6. The Kier molecular flexibility index (Phi) is 6.70. The van der Waals surface area contributed by atoms with Gasteiger partial charge >= 0.3 is 0 Å². The van der Waals surface area contributed by atoms with Crippen LogP contribution in [0.4, 0.5) is 0 Å². The Hall–Kier alpha value is -1.47. The van der Waals surface area contributed by atoms with Crippen molar-refractivity contribution in [3.05, 3.63) is 0 Å². The minimum Gasteiger partial charge on any atom is -0.371 e. The van der Waals surface area contributed by atoms with Gasteiger partial charge in [0.25, 0.3) is 0 Å². The Morgan fingerprint density at radius 1 is 1.26 bits per heavy atom. The van der Waals surface area contributed by atoms with Crippen molar-refractivity contribution in [2.24, 2.45) is 0 Å². The van der Waals surface area contributed by atoms with Gasteiger partial charge in [0.2, 0.25) is 11.8 Å².